The number of hydrogen-bond donors (Lipinski definition) is 1. The van der Waals surface area contributed by atoms with E-state index in [1.165, 1.54) is 11.4 Å². The average molecular weight is 381 g/mol. The van der Waals surface area contributed by atoms with Crippen molar-refractivity contribution >= 4 is 27.7 Å². The molecule has 8 nitrogen and oxygen atoms in total. The summed E-state index contributed by atoms with van der Waals surface area (Å²) in [6, 6.07) is 6.61. The molecule has 3 rings (SSSR count). The molecular weight excluding hydrogens is 358 g/mol. The van der Waals surface area contributed by atoms with Crippen LogP contribution in [0.3, 0.4) is 0 Å². The zero-order valence-electron chi connectivity index (χ0n) is 14.7. The van der Waals surface area contributed by atoms with Crippen molar-refractivity contribution in [2.45, 2.75) is 25.3 Å². The van der Waals surface area contributed by atoms with Crippen molar-refractivity contribution < 1.29 is 22.7 Å². The first kappa shape index (κ1) is 18.5. The molecule has 1 aromatic carbocycles. The number of ether oxygens (including phenoxy) is 1. The van der Waals surface area contributed by atoms with Gasteiger partial charge in [-0.2, -0.15) is 0 Å². The Morgan fingerprint density at radius 1 is 1.12 bits per heavy atom. The predicted octanol–water partition coefficient (Wildman–Crippen LogP) is 1.19. The van der Waals surface area contributed by atoms with Crippen molar-refractivity contribution in [3.8, 4) is 0 Å². The number of piperidine rings is 1. The number of carbonyl (C=O) groups is 2. The highest BCUT2D eigenvalue weighted by atomic mass is 32.2. The highest BCUT2D eigenvalue weighted by molar-refractivity contribution is 7.93. The van der Waals surface area contributed by atoms with Gasteiger partial charge in [-0.1, -0.05) is 0 Å². The molecule has 0 radical (unpaired) electrons. The normalized spacial score (nSPS) is 20.0. The number of sulfonamides is 1. The summed E-state index contributed by atoms with van der Waals surface area (Å²) in [5.74, 6) is -0.0307. The molecule has 2 heterocycles. The maximum Gasteiger partial charge on any atom is 0.409 e. The third-order valence-electron chi connectivity index (χ3n) is 4.78. The van der Waals surface area contributed by atoms with Gasteiger partial charge >= 0.3 is 6.09 Å². The largest absolute Gasteiger partial charge is 0.453 e. The van der Waals surface area contributed by atoms with E-state index in [1.807, 2.05) is 0 Å². The number of carbonyl (C=O) groups excluding carboxylic acids is 2. The van der Waals surface area contributed by atoms with Crippen LogP contribution in [0.1, 0.15) is 29.6 Å². The molecule has 1 N–H and O–H groups in total. The number of likely N-dealkylation sites (tertiary alicyclic amines) is 1. The topological polar surface area (TPSA) is 96.0 Å². The third-order valence-corrected chi connectivity index (χ3v) is 6.65. The van der Waals surface area contributed by atoms with Gasteiger partial charge in [-0.3, -0.25) is 9.10 Å². The zero-order valence-corrected chi connectivity index (χ0v) is 15.5. The van der Waals surface area contributed by atoms with Crippen LogP contribution in [0.4, 0.5) is 10.5 Å². The van der Waals surface area contributed by atoms with E-state index in [2.05, 4.69) is 5.32 Å². The first-order valence-electron chi connectivity index (χ1n) is 8.65. The summed E-state index contributed by atoms with van der Waals surface area (Å²) >= 11 is 0. The first-order chi connectivity index (χ1) is 12.4. The van der Waals surface area contributed by atoms with Crippen molar-refractivity contribution in [3.63, 3.8) is 0 Å². The lowest BCUT2D eigenvalue weighted by Crippen LogP contribution is -2.46. The van der Waals surface area contributed by atoms with Gasteiger partial charge in [-0.25, -0.2) is 13.2 Å². The fourth-order valence-corrected chi connectivity index (χ4v) is 4.88. The molecule has 0 unspecified atom stereocenters. The molecule has 0 spiro atoms. The zero-order chi connectivity index (χ0) is 18.7. The van der Waals surface area contributed by atoms with Crippen molar-refractivity contribution in [3.05, 3.63) is 29.8 Å². The lowest BCUT2D eigenvalue weighted by molar-refractivity contribution is 0.0892. The standard InChI is InChI=1S/C17H23N3O5S/c1-25-17(22)19-10-7-14(8-11-19)18-16(21)13-3-5-15(6-4-13)20-9-2-12-26(20,23)24/h3-6,14H,2,7-12H2,1H3,(H,18,21). The minimum absolute atomic E-state index is 0.00189. The van der Waals surface area contributed by atoms with Crippen LogP contribution in [0.2, 0.25) is 0 Å². The third kappa shape index (κ3) is 3.92. The summed E-state index contributed by atoms with van der Waals surface area (Å²) < 4.78 is 30.0. The summed E-state index contributed by atoms with van der Waals surface area (Å²) in [5.41, 5.74) is 1.08. The summed E-state index contributed by atoms with van der Waals surface area (Å²) in [6.07, 6.45) is 1.62. The van der Waals surface area contributed by atoms with Gasteiger partial charge in [0.2, 0.25) is 10.0 Å². The van der Waals surface area contributed by atoms with E-state index in [-0.39, 0.29) is 23.8 Å². The molecule has 0 aromatic heterocycles. The lowest BCUT2D eigenvalue weighted by Gasteiger charge is -2.31. The average Bonchev–Trinajstić information content (AvgIpc) is 3.01. The molecule has 0 atom stereocenters. The van der Waals surface area contributed by atoms with E-state index >= 15 is 0 Å². The number of rotatable bonds is 3. The maximum absolute atomic E-state index is 12.4. The molecule has 2 aliphatic rings. The van der Waals surface area contributed by atoms with Crippen LogP contribution in [0.5, 0.6) is 0 Å². The second-order valence-corrected chi connectivity index (χ2v) is 8.51. The second kappa shape index (κ2) is 7.53. The molecule has 2 aliphatic heterocycles. The molecule has 142 valence electrons. The number of hydrogen-bond acceptors (Lipinski definition) is 5. The van der Waals surface area contributed by atoms with Crippen LogP contribution in [0, 0.1) is 0 Å². The van der Waals surface area contributed by atoms with Crippen molar-refractivity contribution in [1.29, 1.82) is 0 Å². The first-order valence-corrected chi connectivity index (χ1v) is 10.3. The summed E-state index contributed by atoms with van der Waals surface area (Å²) in [7, 11) is -1.87. The molecule has 9 heteroatoms. The number of nitrogens with one attached hydrogen (secondary N) is 1. The van der Waals surface area contributed by atoms with E-state index in [0.717, 1.165) is 0 Å². The van der Waals surface area contributed by atoms with Gasteiger partial charge in [0.25, 0.3) is 5.91 Å². The molecule has 0 saturated carbocycles. The van der Waals surface area contributed by atoms with Crippen molar-refractivity contribution in [1.82, 2.24) is 10.2 Å². The van der Waals surface area contributed by atoms with Crippen LogP contribution in [-0.2, 0) is 14.8 Å². The van der Waals surface area contributed by atoms with Gasteiger partial charge < -0.3 is 15.0 Å². The highest BCUT2D eigenvalue weighted by Crippen LogP contribution is 2.24. The van der Waals surface area contributed by atoms with Gasteiger partial charge in [-0.05, 0) is 43.5 Å². The van der Waals surface area contributed by atoms with Crippen LogP contribution in [0.25, 0.3) is 0 Å². The van der Waals surface area contributed by atoms with E-state index < -0.39 is 10.0 Å². The quantitative estimate of drug-likeness (QED) is 0.848. The lowest BCUT2D eigenvalue weighted by atomic mass is 10.0. The fraction of sp³-hybridized carbons (Fsp3) is 0.529. The molecule has 2 saturated heterocycles. The fourth-order valence-electron chi connectivity index (χ4n) is 3.31. The molecule has 1 aromatic rings. The van der Waals surface area contributed by atoms with E-state index in [0.29, 0.717) is 50.1 Å². The van der Waals surface area contributed by atoms with Gasteiger partial charge in [-0.15, -0.1) is 0 Å². The van der Waals surface area contributed by atoms with Gasteiger partial charge in [0.15, 0.2) is 0 Å². The molecule has 0 aliphatic carbocycles. The van der Waals surface area contributed by atoms with E-state index in [1.54, 1.807) is 29.2 Å². The van der Waals surface area contributed by atoms with Crippen LogP contribution >= 0.6 is 0 Å². The van der Waals surface area contributed by atoms with Crippen LogP contribution < -0.4 is 9.62 Å². The van der Waals surface area contributed by atoms with Gasteiger partial charge in [0.1, 0.15) is 0 Å². The Hall–Kier alpha value is -2.29. The number of benzene rings is 1. The van der Waals surface area contributed by atoms with Crippen molar-refractivity contribution in [2.24, 2.45) is 0 Å². The molecule has 26 heavy (non-hydrogen) atoms. The number of amides is 2. The minimum atomic E-state index is -3.22. The predicted molar refractivity (Wildman–Crippen MR) is 96.7 cm³/mol. The Morgan fingerprint density at radius 3 is 2.31 bits per heavy atom. The smallest absolute Gasteiger partial charge is 0.409 e. The summed E-state index contributed by atoms with van der Waals surface area (Å²) in [4.78, 5) is 25.5. The van der Waals surface area contributed by atoms with Gasteiger partial charge in [0, 0.05) is 31.2 Å². The Balaban J connectivity index is 1.57. The monoisotopic (exact) mass is 381 g/mol. The summed E-state index contributed by atoms with van der Waals surface area (Å²) in [5, 5.41) is 2.97. The van der Waals surface area contributed by atoms with E-state index in [9.17, 15) is 18.0 Å². The Morgan fingerprint density at radius 2 is 1.77 bits per heavy atom. The Kier molecular flexibility index (Phi) is 5.36. The van der Waals surface area contributed by atoms with E-state index in [4.69, 9.17) is 4.74 Å². The SMILES string of the molecule is COC(=O)N1CCC(NC(=O)c2ccc(N3CCCS3(=O)=O)cc2)CC1. The van der Waals surface area contributed by atoms with Crippen molar-refractivity contribution in [2.75, 3.05) is 36.8 Å². The van der Waals surface area contributed by atoms with Gasteiger partial charge in [0.05, 0.1) is 18.6 Å². The number of methoxy groups -OCH3 is 1. The van der Waals surface area contributed by atoms with Crippen LogP contribution in [-0.4, -0.2) is 63.9 Å². The Labute approximate surface area is 153 Å². The number of nitrogens with zero attached hydrogens (tertiary/aromatic N) is 2. The molecule has 2 fully saturated rings. The molecule has 0 bridgehead atoms. The number of anilines is 1. The molecule has 2 amide bonds. The maximum atomic E-state index is 12.4. The van der Waals surface area contributed by atoms with Crippen LogP contribution in [0.15, 0.2) is 24.3 Å². The minimum Gasteiger partial charge on any atom is -0.453 e. The summed E-state index contributed by atoms with van der Waals surface area (Å²) in [6.45, 7) is 1.57. The second-order valence-electron chi connectivity index (χ2n) is 6.49. The Bertz CT molecular complexity index is 770. The highest BCUT2D eigenvalue weighted by Gasteiger charge is 2.28. The molecular formula is C17H23N3O5S.